The van der Waals surface area contributed by atoms with E-state index >= 15 is 0 Å². The van der Waals surface area contributed by atoms with Gasteiger partial charge in [-0.2, -0.15) is 0 Å². The fraction of sp³-hybridized carbons (Fsp3) is 0.613. The largest absolute Gasteiger partial charge is 0.494 e. The monoisotopic (exact) mass is 452 g/mol. The molecular weight excluding hydrogens is 404 g/mol. The zero-order chi connectivity index (χ0) is 24.6. The molecule has 0 aromatic heterocycles. The second-order valence-corrected chi connectivity index (χ2v) is 12.0. The number of benzene rings is 2. The lowest BCUT2D eigenvalue weighted by atomic mass is 9.79. The predicted molar refractivity (Wildman–Crippen MR) is 143 cm³/mol. The highest BCUT2D eigenvalue weighted by Crippen LogP contribution is 2.31. The van der Waals surface area contributed by atoms with Gasteiger partial charge in [0.25, 0.3) is 0 Å². The first-order valence-electron chi connectivity index (χ1n) is 12.9. The van der Waals surface area contributed by atoms with Crippen molar-refractivity contribution in [2.45, 2.75) is 105 Å². The molecule has 0 aliphatic carbocycles. The van der Waals surface area contributed by atoms with Gasteiger partial charge in [0.15, 0.2) is 0 Å². The number of hydrogen-bond donors (Lipinski definition) is 0. The van der Waals surface area contributed by atoms with Crippen LogP contribution in [0.4, 0.5) is 0 Å². The van der Waals surface area contributed by atoms with Crippen molar-refractivity contribution >= 4 is 0 Å². The van der Waals surface area contributed by atoms with Crippen molar-refractivity contribution in [1.82, 2.24) is 0 Å². The summed E-state index contributed by atoms with van der Waals surface area (Å²) in [5, 5.41) is 0. The lowest BCUT2D eigenvalue weighted by molar-refractivity contribution is 0.107. The normalized spacial score (nSPS) is 13.4. The van der Waals surface area contributed by atoms with Gasteiger partial charge in [-0.3, -0.25) is 0 Å². The van der Waals surface area contributed by atoms with E-state index in [1.165, 1.54) is 35.1 Å². The van der Waals surface area contributed by atoms with E-state index in [9.17, 15) is 0 Å². The molecule has 0 saturated carbocycles. The molecule has 0 radical (unpaired) electrons. The first kappa shape index (κ1) is 27.4. The van der Waals surface area contributed by atoms with E-state index in [2.05, 4.69) is 105 Å². The first-order chi connectivity index (χ1) is 15.4. The molecule has 0 fully saturated rings. The molecule has 2 aromatic carbocycles. The molecule has 2 nitrogen and oxygen atoms in total. The fourth-order valence-electron chi connectivity index (χ4n) is 4.13. The summed E-state index contributed by atoms with van der Waals surface area (Å²) in [6, 6.07) is 15.7. The Bertz CT molecular complexity index is 802. The standard InChI is InChI=1S/C31H48O2/c1-10-25(18-23(2)3)26-12-14-29(15-13-26)33-17-11-16-32-22-24-19-27(30(4,5)6)21-28(20-24)31(7,8)9/h12-15,19-21,23,25H,10-11,16-18,22H2,1-9H3. The number of ether oxygens (including phenoxy) is 2. The maximum atomic E-state index is 6.02. The molecule has 33 heavy (non-hydrogen) atoms. The maximum Gasteiger partial charge on any atom is 0.119 e. The zero-order valence-electron chi connectivity index (χ0n) is 22.8. The molecule has 0 saturated heterocycles. The Kier molecular flexibility index (Phi) is 10.0. The average Bonchev–Trinajstić information content (AvgIpc) is 2.73. The molecular formula is C31H48O2. The van der Waals surface area contributed by atoms with Crippen LogP contribution in [0, 0.1) is 5.92 Å². The molecule has 0 N–H and O–H groups in total. The summed E-state index contributed by atoms with van der Waals surface area (Å²) in [5.41, 5.74) is 5.69. The second-order valence-electron chi connectivity index (χ2n) is 12.0. The summed E-state index contributed by atoms with van der Waals surface area (Å²) < 4.78 is 12.0. The Hall–Kier alpha value is -1.80. The van der Waals surface area contributed by atoms with Gasteiger partial charge in [0.05, 0.1) is 19.8 Å². The SMILES string of the molecule is CCC(CC(C)C)c1ccc(OCCCOCc2cc(C(C)(C)C)cc(C(C)(C)C)c2)cc1. The smallest absolute Gasteiger partial charge is 0.119 e. The molecule has 2 heteroatoms. The van der Waals surface area contributed by atoms with Crippen LogP contribution in [0.5, 0.6) is 5.75 Å². The van der Waals surface area contributed by atoms with Crippen molar-refractivity contribution in [3.8, 4) is 5.75 Å². The highest BCUT2D eigenvalue weighted by molar-refractivity contribution is 5.37. The van der Waals surface area contributed by atoms with E-state index in [-0.39, 0.29) is 10.8 Å². The van der Waals surface area contributed by atoms with Crippen LogP contribution in [-0.2, 0) is 22.2 Å². The highest BCUT2D eigenvalue weighted by Gasteiger charge is 2.20. The Balaban J connectivity index is 1.82. The van der Waals surface area contributed by atoms with Gasteiger partial charge in [0.1, 0.15) is 5.75 Å². The van der Waals surface area contributed by atoms with Gasteiger partial charge in [-0.05, 0) is 69.9 Å². The Morgan fingerprint density at radius 1 is 0.788 bits per heavy atom. The highest BCUT2D eigenvalue weighted by atomic mass is 16.5. The van der Waals surface area contributed by atoms with Crippen molar-refractivity contribution < 1.29 is 9.47 Å². The van der Waals surface area contributed by atoms with Gasteiger partial charge in [0.2, 0.25) is 0 Å². The minimum Gasteiger partial charge on any atom is -0.494 e. The van der Waals surface area contributed by atoms with Crippen LogP contribution in [0.3, 0.4) is 0 Å². The fourth-order valence-corrected chi connectivity index (χ4v) is 4.13. The molecule has 1 unspecified atom stereocenters. The van der Waals surface area contributed by atoms with Crippen molar-refractivity contribution in [2.75, 3.05) is 13.2 Å². The molecule has 0 amide bonds. The lowest BCUT2D eigenvalue weighted by Crippen LogP contribution is -2.17. The minimum atomic E-state index is 0.130. The third-order valence-electron chi connectivity index (χ3n) is 6.30. The molecule has 0 aliphatic rings. The Morgan fingerprint density at radius 2 is 1.36 bits per heavy atom. The molecule has 1 atom stereocenters. The molecule has 0 aliphatic heterocycles. The molecule has 0 bridgehead atoms. The van der Waals surface area contributed by atoms with Crippen LogP contribution >= 0.6 is 0 Å². The summed E-state index contributed by atoms with van der Waals surface area (Å²) in [6.07, 6.45) is 3.31. The van der Waals surface area contributed by atoms with E-state index in [1.807, 2.05) is 0 Å². The van der Waals surface area contributed by atoms with Gasteiger partial charge in [0, 0.05) is 6.42 Å². The predicted octanol–water partition coefficient (Wildman–Crippen LogP) is 8.81. The van der Waals surface area contributed by atoms with Crippen LogP contribution in [-0.4, -0.2) is 13.2 Å². The lowest BCUT2D eigenvalue weighted by Gasteiger charge is -2.26. The molecule has 0 heterocycles. The van der Waals surface area contributed by atoms with Crippen molar-refractivity contribution in [1.29, 1.82) is 0 Å². The van der Waals surface area contributed by atoms with Gasteiger partial charge < -0.3 is 9.47 Å². The van der Waals surface area contributed by atoms with Gasteiger partial charge in [-0.1, -0.05) is 92.6 Å². The molecule has 0 spiro atoms. The van der Waals surface area contributed by atoms with E-state index in [0.29, 0.717) is 25.7 Å². The Labute approximate surface area is 204 Å². The van der Waals surface area contributed by atoms with Crippen LogP contribution in [0.2, 0.25) is 0 Å². The van der Waals surface area contributed by atoms with Crippen LogP contribution in [0.25, 0.3) is 0 Å². The summed E-state index contributed by atoms with van der Waals surface area (Å²) in [7, 11) is 0. The number of rotatable bonds is 11. The first-order valence-corrected chi connectivity index (χ1v) is 12.9. The summed E-state index contributed by atoms with van der Waals surface area (Å²) in [5.74, 6) is 2.32. The van der Waals surface area contributed by atoms with Gasteiger partial charge >= 0.3 is 0 Å². The quantitative estimate of drug-likeness (QED) is 0.317. The zero-order valence-corrected chi connectivity index (χ0v) is 22.8. The van der Waals surface area contributed by atoms with E-state index in [4.69, 9.17) is 9.47 Å². The maximum absolute atomic E-state index is 6.02. The van der Waals surface area contributed by atoms with Gasteiger partial charge in [-0.15, -0.1) is 0 Å². The minimum absolute atomic E-state index is 0.130. The number of hydrogen-bond acceptors (Lipinski definition) is 2. The third kappa shape index (κ3) is 9.16. The summed E-state index contributed by atoms with van der Waals surface area (Å²) >= 11 is 0. The molecule has 2 aromatic rings. The average molecular weight is 453 g/mol. The summed E-state index contributed by atoms with van der Waals surface area (Å²) in [6.45, 7) is 22.5. The second kappa shape index (κ2) is 12.1. The van der Waals surface area contributed by atoms with Crippen molar-refractivity contribution in [3.05, 3.63) is 64.7 Å². The van der Waals surface area contributed by atoms with Crippen molar-refractivity contribution in [3.63, 3.8) is 0 Å². The van der Waals surface area contributed by atoms with E-state index in [1.54, 1.807) is 0 Å². The van der Waals surface area contributed by atoms with Crippen molar-refractivity contribution in [2.24, 2.45) is 5.92 Å². The third-order valence-corrected chi connectivity index (χ3v) is 6.30. The van der Waals surface area contributed by atoms with Gasteiger partial charge in [-0.25, -0.2) is 0 Å². The summed E-state index contributed by atoms with van der Waals surface area (Å²) in [4.78, 5) is 0. The molecule has 184 valence electrons. The van der Waals surface area contributed by atoms with E-state index < -0.39 is 0 Å². The molecule has 2 rings (SSSR count). The Morgan fingerprint density at radius 3 is 1.85 bits per heavy atom. The van der Waals surface area contributed by atoms with Crippen LogP contribution < -0.4 is 4.74 Å². The topological polar surface area (TPSA) is 18.5 Å². The van der Waals surface area contributed by atoms with Crippen LogP contribution in [0.15, 0.2) is 42.5 Å². The van der Waals surface area contributed by atoms with E-state index in [0.717, 1.165) is 18.1 Å². The van der Waals surface area contributed by atoms with Crippen LogP contribution in [0.1, 0.15) is 110 Å².